The average Bonchev–Trinajstić information content (AvgIpc) is 3.70. The molecule has 8 nitrogen and oxygen atoms in total. The third-order valence-electron chi connectivity index (χ3n) is 6.52. The lowest BCUT2D eigenvalue weighted by molar-refractivity contribution is -0.103. The quantitative estimate of drug-likeness (QED) is 0.231. The molecule has 11 heteroatoms. The van der Waals surface area contributed by atoms with Crippen LogP contribution in [0.5, 0.6) is 0 Å². The number of nitrogens with one attached hydrogen (secondary N) is 2. The molecule has 0 bridgehead atoms. The summed E-state index contributed by atoms with van der Waals surface area (Å²) in [6.45, 7) is 4.62. The van der Waals surface area contributed by atoms with Crippen molar-refractivity contribution in [3.05, 3.63) is 92.6 Å². The van der Waals surface area contributed by atoms with Gasteiger partial charge in [0, 0.05) is 39.9 Å². The number of rotatable bonds is 9. The van der Waals surface area contributed by atoms with Gasteiger partial charge >= 0.3 is 0 Å². The number of hydrogen-bond donors (Lipinski definition) is 2. The van der Waals surface area contributed by atoms with E-state index in [1.807, 2.05) is 0 Å². The number of aryl methyl sites for hydroxylation is 1. The summed E-state index contributed by atoms with van der Waals surface area (Å²) in [6, 6.07) is 2.15. The number of fused-ring (bicyclic) bond motifs is 1. The Labute approximate surface area is 223 Å². The maximum atomic E-state index is 15.4. The number of aromatic amines is 1. The molecule has 4 rings (SSSR count). The van der Waals surface area contributed by atoms with Crippen molar-refractivity contribution in [3.63, 3.8) is 0 Å². The number of carbonyl (C=O) groups is 2. The van der Waals surface area contributed by atoms with Crippen LogP contribution >= 0.6 is 0 Å². The minimum atomic E-state index is -4.03. The van der Waals surface area contributed by atoms with E-state index in [0.29, 0.717) is 30.1 Å². The predicted octanol–water partition coefficient (Wildman–Crippen LogP) is 4.38. The van der Waals surface area contributed by atoms with Crippen LogP contribution in [0.25, 0.3) is 22.6 Å². The molecule has 1 saturated carbocycles. The van der Waals surface area contributed by atoms with E-state index in [1.54, 1.807) is 39.0 Å². The number of H-pyrrole nitrogens is 1. The van der Waals surface area contributed by atoms with Crippen LogP contribution in [0, 0.1) is 18.6 Å². The highest BCUT2D eigenvalue weighted by atomic mass is 32.2. The first-order valence-corrected chi connectivity index (χ1v) is 13.8. The highest BCUT2D eigenvalue weighted by molar-refractivity contribution is 7.91. The number of carbonyl (C=O) groups excluding carboxylic acids is 2. The van der Waals surface area contributed by atoms with E-state index in [0.717, 1.165) is 18.3 Å². The largest absolute Gasteiger partial charge is 0.331 e. The van der Waals surface area contributed by atoms with Crippen molar-refractivity contribution >= 4 is 44.8 Å². The Balaban J connectivity index is 2.15. The molecule has 1 aliphatic rings. The fraction of sp³-hybridized carbons (Fsp3) is 0.250. The molecule has 1 aliphatic carbocycles. The Morgan fingerprint density at radius 3 is 2.51 bits per heavy atom. The molecule has 2 aromatic heterocycles. The fourth-order valence-electron chi connectivity index (χ4n) is 4.54. The fourth-order valence-corrected chi connectivity index (χ4v) is 5.82. The summed E-state index contributed by atoms with van der Waals surface area (Å²) in [5.74, 6) is -2.49. The van der Waals surface area contributed by atoms with E-state index in [-0.39, 0.29) is 33.5 Å². The summed E-state index contributed by atoms with van der Waals surface area (Å²) in [5, 5.41) is -0.413. The predicted molar refractivity (Wildman–Crippen MR) is 146 cm³/mol. The molecule has 0 saturated heterocycles. The van der Waals surface area contributed by atoms with Crippen molar-refractivity contribution in [1.82, 2.24) is 14.3 Å². The zero-order valence-corrected chi connectivity index (χ0v) is 22.4. The first-order chi connectivity index (χ1) is 18.5. The first-order valence-electron chi connectivity index (χ1n) is 12.2. The van der Waals surface area contributed by atoms with E-state index in [9.17, 15) is 27.2 Å². The molecule has 204 valence electrons. The van der Waals surface area contributed by atoms with Gasteiger partial charge in [0.25, 0.3) is 5.91 Å². The van der Waals surface area contributed by atoms with Crippen molar-refractivity contribution < 1.29 is 26.8 Å². The second kappa shape index (κ2) is 10.9. The van der Waals surface area contributed by atoms with Crippen molar-refractivity contribution in [2.24, 2.45) is 0 Å². The molecular weight excluding hydrogens is 528 g/mol. The Bertz CT molecular complexity index is 1740. The number of hydrogen-bond acceptors (Lipinski definition) is 5. The van der Waals surface area contributed by atoms with Crippen molar-refractivity contribution in [2.75, 3.05) is 0 Å². The molecule has 0 unspecified atom stereocenters. The second-order valence-electron chi connectivity index (χ2n) is 9.21. The van der Waals surface area contributed by atoms with Gasteiger partial charge < -0.3 is 9.55 Å². The molecule has 3 aromatic rings. The summed E-state index contributed by atoms with van der Waals surface area (Å²) >= 11 is 0. The van der Waals surface area contributed by atoms with Gasteiger partial charge in [0.05, 0.1) is 17.3 Å². The van der Waals surface area contributed by atoms with Gasteiger partial charge in [-0.2, -0.15) is 0 Å². The van der Waals surface area contributed by atoms with E-state index in [2.05, 4.69) is 9.71 Å². The lowest BCUT2D eigenvalue weighted by Gasteiger charge is -2.13. The van der Waals surface area contributed by atoms with Crippen LogP contribution in [0.2, 0.25) is 0 Å². The van der Waals surface area contributed by atoms with E-state index >= 15 is 4.39 Å². The number of aromatic nitrogens is 2. The number of allylic oxidation sites excluding steroid dienone is 5. The van der Waals surface area contributed by atoms with Gasteiger partial charge in [-0.25, -0.2) is 21.9 Å². The highest BCUT2D eigenvalue weighted by Crippen LogP contribution is 2.38. The number of benzene rings is 1. The Morgan fingerprint density at radius 2 is 1.90 bits per heavy atom. The normalized spacial score (nSPS) is 14.5. The van der Waals surface area contributed by atoms with Gasteiger partial charge in [0.1, 0.15) is 17.3 Å². The van der Waals surface area contributed by atoms with Crippen LogP contribution in [-0.2, 0) is 21.4 Å². The summed E-state index contributed by atoms with van der Waals surface area (Å²) in [6.07, 6.45) is 10.0. The van der Waals surface area contributed by atoms with Crippen LogP contribution in [0.4, 0.5) is 8.78 Å². The Morgan fingerprint density at radius 1 is 1.18 bits per heavy atom. The van der Waals surface area contributed by atoms with Crippen molar-refractivity contribution in [1.29, 1.82) is 0 Å². The zero-order chi connectivity index (χ0) is 28.5. The standard InChI is InChI=1S/C28H27F2N3O5S/c1-4-6-8-17(15-34)26-25-16(3)20(7-5-2)21(29)12-23(25)33(14-18-11-24(35)31-13-22(18)30)27(26)28(36)32-39(37,38)19-9-10-19/h4-8,11-13,15,19H,9-10,14H2,1-3H3,(H,31,35)(H,32,36)/b6-4-,7-5-,17-8+. The summed E-state index contributed by atoms with van der Waals surface area (Å²) in [7, 11) is -4.03. The number of nitrogens with zero attached hydrogens (tertiary/aromatic N) is 1. The maximum absolute atomic E-state index is 15.4. The van der Waals surface area contributed by atoms with Crippen LogP contribution < -0.4 is 10.3 Å². The van der Waals surface area contributed by atoms with Crippen molar-refractivity contribution in [2.45, 2.75) is 45.4 Å². The van der Waals surface area contributed by atoms with E-state index < -0.39 is 44.9 Å². The first kappa shape index (κ1) is 27.9. The SMILES string of the molecule is C/C=C\C=C(/C=O)c1c(C(=O)NS(=O)(=O)C2CC2)n(Cc2cc(=O)[nH]cc2F)c2cc(F)c(/C=C\C)c(C)c12. The van der Waals surface area contributed by atoms with Gasteiger partial charge in [-0.1, -0.05) is 30.4 Å². The summed E-state index contributed by atoms with van der Waals surface area (Å²) < 4.78 is 58.9. The summed E-state index contributed by atoms with van der Waals surface area (Å²) in [4.78, 5) is 40.2. The molecule has 2 N–H and O–H groups in total. The van der Waals surface area contributed by atoms with Gasteiger partial charge in [0.15, 0.2) is 6.29 Å². The lowest BCUT2D eigenvalue weighted by atomic mass is 9.95. The minimum absolute atomic E-state index is 0.0262. The van der Waals surface area contributed by atoms with Crippen molar-refractivity contribution in [3.8, 4) is 0 Å². The third kappa shape index (κ3) is 5.40. The monoisotopic (exact) mass is 555 g/mol. The molecule has 0 aliphatic heterocycles. The second-order valence-corrected chi connectivity index (χ2v) is 11.2. The highest BCUT2D eigenvalue weighted by Gasteiger charge is 2.38. The Hall–Kier alpha value is -4.12. The number of sulfonamides is 1. The number of halogens is 2. The van der Waals surface area contributed by atoms with Crippen LogP contribution in [0.15, 0.2) is 47.4 Å². The van der Waals surface area contributed by atoms with Gasteiger partial charge in [-0.15, -0.1) is 0 Å². The van der Waals surface area contributed by atoms with Crippen LogP contribution in [-0.4, -0.2) is 35.4 Å². The average molecular weight is 556 g/mol. The van der Waals surface area contributed by atoms with E-state index in [1.165, 1.54) is 16.7 Å². The summed E-state index contributed by atoms with van der Waals surface area (Å²) in [5.41, 5.74) is -0.206. The topological polar surface area (TPSA) is 118 Å². The van der Waals surface area contributed by atoms with Gasteiger partial charge in [0.2, 0.25) is 15.6 Å². The zero-order valence-electron chi connectivity index (χ0n) is 21.5. The molecule has 1 aromatic carbocycles. The number of pyridine rings is 1. The molecule has 1 amide bonds. The van der Waals surface area contributed by atoms with Crippen LogP contribution in [0.3, 0.4) is 0 Å². The molecule has 1 fully saturated rings. The van der Waals surface area contributed by atoms with E-state index in [4.69, 9.17) is 0 Å². The molecule has 2 heterocycles. The molecule has 39 heavy (non-hydrogen) atoms. The molecule has 0 spiro atoms. The van der Waals surface area contributed by atoms with Gasteiger partial charge in [-0.3, -0.25) is 14.4 Å². The third-order valence-corrected chi connectivity index (χ3v) is 8.33. The Kier molecular flexibility index (Phi) is 7.82. The lowest BCUT2D eigenvalue weighted by Crippen LogP contribution is -2.35. The molecule has 0 radical (unpaired) electrons. The van der Waals surface area contributed by atoms with Crippen LogP contribution in [0.1, 0.15) is 59.4 Å². The van der Waals surface area contributed by atoms with Gasteiger partial charge in [-0.05, 0) is 45.2 Å². The minimum Gasteiger partial charge on any atom is -0.331 e. The maximum Gasteiger partial charge on any atom is 0.282 e. The number of amides is 1. The molecular formula is C28H27F2N3O5S. The smallest absolute Gasteiger partial charge is 0.282 e. The molecule has 0 atom stereocenters. The number of aldehydes is 1.